The molecule has 0 saturated heterocycles. The van der Waals surface area contributed by atoms with E-state index in [1.54, 1.807) is 34.6 Å². The number of amides is 2. The van der Waals surface area contributed by atoms with Crippen LogP contribution in [-0.2, 0) is 6.42 Å². The fourth-order valence-electron chi connectivity index (χ4n) is 2.08. The standard InChI is InChI=1S/C16H20F2N4O2S/c1-11(2)22(8-6-15-19-7-9-25-15)16(23)21-13-4-3-5-14(20-13)24-10-12(17)18/h3-5,7,9,11-12H,6,8,10H2,1-2H3,(H,20,21,23). The van der Waals surface area contributed by atoms with Crippen LogP contribution in [0.25, 0.3) is 0 Å². The van der Waals surface area contributed by atoms with Gasteiger partial charge < -0.3 is 9.64 Å². The van der Waals surface area contributed by atoms with Gasteiger partial charge >= 0.3 is 6.03 Å². The number of halogens is 2. The van der Waals surface area contributed by atoms with Gasteiger partial charge in [0, 0.05) is 36.7 Å². The molecule has 136 valence electrons. The van der Waals surface area contributed by atoms with Gasteiger partial charge in [0.25, 0.3) is 6.43 Å². The maximum atomic E-state index is 12.5. The quantitative estimate of drug-likeness (QED) is 0.770. The van der Waals surface area contributed by atoms with Crippen molar-refractivity contribution in [2.45, 2.75) is 32.7 Å². The number of ether oxygens (including phenoxy) is 1. The summed E-state index contributed by atoms with van der Waals surface area (Å²) < 4.78 is 29.2. The summed E-state index contributed by atoms with van der Waals surface area (Å²) in [4.78, 5) is 22.4. The van der Waals surface area contributed by atoms with Gasteiger partial charge in [-0.2, -0.15) is 4.98 Å². The number of pyridine rings is 1. The van der Waals surface area contributed by atoms with Crippen LogP contribution in [-0.4, -0.2) is 46.5 Å². The zero-order valence-electron chi connectivity index (χ0n) is 14.0. The monoisotopic (exact) mass is 370 g/mol. The lowest BCUT2D eigenvalue weighted by Crippen LogP contribution is -2.41. The summed E-state index contributed by atoms with van der Waals surface area (Å²) in [5.74, 6) is 0.286. The van der Waals surface area contributed by atoms with Crippen molar-refractivity contribution in [1.29, 1.82) is 0 Å². The average molecular weight is 370 g/mol. The van der Waals surface area contributed by atoms with Crippen molar-refractivity contribution in [3.8, 4) is 5.88 Å². The molecule has 0 aliphatic carbocycles. The molecule has 6 nitrogen and oxygen atoms in total. The second-order valence-electron chi connectivity index (χ2n) is 5.46. The van der Waals surface area contributed by atoms with E-state index in [-0.39, 0.29) is 23.8 Å². The Morgan fingerprint density at radius 1 is 1.40 bits per heavy atom. The number of nitrogens with one attached hydrogen (secondary N) is 1. The molecular weight excluding hydrogens is 350 g/mol. The molecule has 0 spiro atoms. The summed E-state index contributed by atoms with van der Waals surface area (Å²) in [7, 11) is 0. The first-order valence-electron chi connectivity index (χ1n) is 7.79. The number of aromatic nitrogens is 2. The van der Waals surface area contributed by atoms with Gasteiger partial charge in [0.05, 0.1) is 5.01 Å². The Kier molecular flexibility index (Phi) is 7.05. The van der Waals surface area contributed by atoms with E-state index < -0.39 is 13.0 Å². The number of hydrogen-bond donors (Lipinski definition) is 1. The van der Waals surface area contributed by atoms with Crippen LogP contribution >= 0.6 is 11.3 Å². The van der Waals surface area contributed by atoms with Crippen molar-refractivity contribution >= 4 is 23.2 Å². The second-order valence-corrected chi connectivity index (χ2v) is 6.44. The number of alkyl halides is 2. The van der Waals surface area contributed by atoms with Gasteiger partial charge in [-0.3, -0.25) is 5.32 Å². The van der Waals surface area contributed by atoms with Gasteiger partial charge in [0.2, 0.25) is 5.88 Å². The fraction of sp³-hybridized carbons (Fsp3) is 0.438. The smallest absolute Gasteiger partial charge is 0.323 e. The summed E-state index contributed by atoms with van der Waals surface area (Å²) in [5, 5.41) is 5.52. The molecule has 0 aliphatic rings. The highest BCUT2D eigenvalue weighted by molar-refractivity contribution is 7.09. The summed E-state index contributed by atoms with van der Waals surface area (Å²) in [6.07, 6.45) is -0.189. The minimum absolute atomic E-state index is 0.0155. The molecule has 0 saturated carbocycles. The van der Waals surface area contributed by atoms with Gasteiger partial charge in [-0.25, -0.2) is 18.6 Å². The molecule has 25 heavy (non-hydrogen) atoms. The third-order valence-electron chi connectivity index (χ3n) is 3.25. The Balaban J connectivity index is 1.96. The molecular formula is C16H20F2N4O2S. The molecule has 0 unspecified atom stereocenters. The Labute approximate surface area is 148 Å². The normalized spacial score (nSPS) is 11.0. The maximum Gasteiger partial charge on any atom is 0.323 e. The molecule has 2 heterocycles. The lowest BCUT2D eigenvalue weighted by Gasteiger charge is -2.26. The van der Waals surface area contributed by atoms with Crippen molar-refractivity contribution in [3.05, 3.63) is 34.8 Å². The lowest BCUT2D eigenvalue weighted by atomic mass is 10.3. The van der Waals surface area contributed by atoms with E-state index in [9.17, 15) is 13.6 Å². The number of carbonyl (C=O) groups excluding carboxylic acids is 1. The van der Waals surface area contributed by atoms with Crippen LogP contribution < -0.4 is 10.1 Å². The molecule has 2 aromatic rings. The van der Waals surface area contributed by atoms with E-state index in [2.05, 4.69) is 15.3 Å². The van der Waals surface area contributed by atoms with Crippen LogP contribution in [0.5, 0.6) is 5.88 Å². The van der Waals surface area contributed by atoms with E-state index >= 15 is 0 Å². The third-order valence-corrected chi connectivity index (χ3v) is 4.09. The predicted octanol–water partition coefficient (Wildman–Crippen LogP) is 3.67. The number of thiazole rings is 1. The SMILES string of the molecule is CC(C)N(CCc1nccs1)C(=O)Nc1cccc(OCC(F)F)n1. The van der Waals surface area contributed by atoms with Crippen LogP contribution in [0.4, 0.5) is 19.4 Å². The number of urea groups is 1. The van der Waals surface area contributed by atoms with Gasteiger partial charge in [-0.1, -0.05) is 6.07 Å². The molecule has 0 aromatic carbocycles. The van der Waals surface area contributed by atoms with Crippen LogP contribution in [0.2, 0.25) is 0 Å². The summed E-state index contributed by atoms with van der Waals surface area (Å²) in [5.41, 5.74) is 0. The molecule has 0 bridgehead atoms. The Bertz CT molecular complexity index is 668. The minimum atomic E-state index is -2.58. The first-order chi connectivity index (χ1) is 12.0. The van der Waals surface area contributed by atoms with Crippen LogP contribution in [0.1, 0.15) is 18.9 Å². The van der Waals surface area contributed by atoms with Crippen LogP contribution in [0, 0.1) is 0 Å². The van der Waals surface area contributed by atoms with E-state index in [0.29, 0.717) is 13.0 Å². The molecule has 2 amide bonds. The molecule has 1 N–H and O–H groups in total. The van der Waals surface area contributed by atoms with Gasteiger partial charge in [-0.15, -0.1) is 11.3 Å². The van der Waals surface area contributed by atoms with Gasteiger partial charge in [0.1, 0.15) is 5.82 Å². The van der Waals surface area contributed by atoms with Crippen LogP contribution in [0.15, 0.2) is 29.8 Å². The van der Waals surface area contributed by atoms with Crippen molar-refractivity contribution in [2.24, 2.45) is 0 Å². The van der Waals surface area contributed by atoms with Crippen molar-refractivity contribution in [2.75, 3.05) is 18.5 Å². The highest BCUT2D eigenvalue weighted by atomic mass is 32.1. The molecule has 0 radical (unpaired) electrons. The van der Waals surface area contributed by atoms with Crippen LogP contribution in [0.3, 0.4) is 0 Å². The maximum absolute atomic E-state index is 12.5. The second kappa shape index (κ2) is 9.26. The van der Waals surface area contributed by atoms with E-state index in [1.807, 2.05) is 19.2 Å². The first kappa shape index (κ1) is 19.0. The topological polar surface area (TPSA) is 67.4 Å². The largest absolute Gasteiger partial charge is 0.472 e. The summed E-state index contributed by atoms with van der Waals surface area (Å²) in [6, 6.07) is 4.29. The Hall–Kier alpha value is -2.29. The molecule has 2 aromatic heterocycles. The van der Waals surface area contributed by atoms with E-state index in [1.165, 1.54) is 6.07 Å². The van der Waals surface area contributed by atoms with E-state index in [4.69, 9.17) is 4.74 Å². The minimum Gasteiger partial charge on any atom is -0.472 e. The Morgan fingerprint density at radius 2 is 2.20 bits per heavy atom. The zero-order chi connectivity index (χ0) is 18.2. The van der Waals surface area contributed by atoms with Crippen molar-refractivity contribution in [1.82, 2.24) is 14.9 Å². The number of nitrogens with zero attached hydrogens (tertiary/aromatic N) is 3. The molecule has 9 heteroatoms. The zero-order valence-corrected chi connectivity index (χ0v) is 14.8. The van der Waals surface area contributed by atoms with Gasteiger partial charge in [0.15, 0.2) is 6.61 Å². The number of anilines is 1. The highest BCUT2D eigenvalue weighted by Crippen LogP contribution is 2.14. The highest BCUT2D eigenvalue weighted by Gasteiger charge is 2.18. The molecule has 0 fully saturated rings. The average Bonchev–Trinajstić information content (AvgIpc) is 3.06. The van der Waals surface area contributed by atoms with Crippen molar-refractivity contribution < 1.29 is 18.3 Å². The number of carbonyl (C=O) groups is 1. The Morgan fingerprint density at radius 3 is 2.84 bits per heavy atom. The predicted molar refractivity (Wildman–Crippen MR) is 92.4 cm³/mol. The van der Waals surface area contributed by atoms with Crippen molar-refractivity contribution in [3.63, 3.8) is 0 Å². The number of hydrogen-bond acceptors (Lipinski definition) is 5. The lowest BCUT2D eigenvalue weighted by molar-refractivity contribution is 0.0796. The first-order valence-corrected chi connectivity index (χ1v) is 8.67. The van der Waals surface area contributed by atoms with Gasteiger partial charge in [-0.05, 0) is 19.9 Å². The molecule has 0 aliphatic heterocycles. The van der Waals surface area contributed by atoms with E-state index in [0.717, 1.165) is 5.01 Å². The summed E-state index contributed by atoms with van der Waals surface area (Å²) >= 11 is 1.54. The number of rotatable bonds is 8. The third kappa shape index (κ3) is 6.26. The summed E-state index contributed by atoms with van der Waals surface area (Å²) in [6.45, 7) is 3.60. The molecule has 2 rings (SSSR count). The fourth-order valence-corrected chi connectivity index (χ4v) is 2.69. The molecule has 0 atom stereocenters.